The number of carbonyl (C=O) groups is 1. The molecule has 1 fully saturated rings. The van der Waals surface area contributed by atoms with Crippen molar-refractivity contribution >= 4 is 11.6 Å². The average Bonchev–Trinajstić information content (AvgIpc) is 3.04. The first-order chi connectivity index (χ1) is 7.22. The summed E-state index contributed by atoms with van der Waals surface area (Å²) in [5.74, 6) is 5.33. The molecule has 1 aliphatic carbocycles. The van der Waals surface area contributed by atoms with E-state index in [1.807, 2.05) is 0 Å². The smallest absolute Gasteiger partial charge is 0.221 e. The highest BCUT2D eigenvalue weighted by Crippen LogP contribution is 2.15. The molecule has 0 radical (unpaired) electrons. The van der Waals surface area contributed by atoms with Crippen molar-refractivity contribution in [2.24, 2.45) is 5.90 Å². The number of hydrogen-bond donors (Lipinski definition) is 2. The van der Waals surface area contributed by atoms with Crippen LogP contribution in [0.4, 0.5) is 5.69 Å². The standard InChI is InChI=1S/C8H10N2O2.C3H6/c1-6(11)10-7-3-2-4-8(5-7)12-9;1-2-3-1/h2-5H,9H2,1H3,(H,10,11);1-3H2. The van der Waals surface area contributed by atoms with Gasteiger partial charge in [-0.3, -0.25) is 4.79 Å². The summed E-state index contributed by atoms with van der Waals surface area (Å²) < 4.78 is 0. The molecular weight excluding hydrogens is 192 g/mol. The molecule has 0 aliphatic heterocycles. The highest BCUT2D eigenvalue weighted by Gasteiger charge is 1.96. The van der Waals surface area contributed by atoms with E-state index >= 15 is 0 Å². The van der Waals surface area contributed by atoms with Crippen LogP contribution in [0, 0.1) is 0 Å². The van der Waals surface area contributed by atoms with Gasteiger partial charge in [0.1, 0.15) is 5.75 Å². The molecule has 4 heteroatoms. The molecule has 0 saturated heterocycles. The van der Waals surface area contributed by atoms with Crippen molar-refractivity contribution in [1.29, 1.82) is 0 Å². The second-order valence-electron chi connectivity index (χ2n) is 3.39. The summed E-state index contributed by atoms with van der Waals surface area (Å²) in [6.45, 7) is 1.44. The van der Waals surface area contributed by atoms with Crippen LogP contribution in [-0.4, -0.2) is 5.91 Å². The Hall–Kier alpha value is -1.55. The third kappa shape index (κ3) is 5.70. The lowest BCUT2D eigenvalue weighted by molar-refractivity contribution is -0.114. The lowest BCUT2D eigenvalue weighted by Crippen LogP contribution is -2.06. The molecule has 0 spiro atoms. The van der Waals surface area contributed by atoms with Crippen LogP contribution in [0.5, 0.6) is 5.75 Å². The van der Waals surface area contributed by atoms with E-state index in [0.717, 1.165) is 0 Å². The molecular formula is C11H16N2O2. The van der Waals surface area contributed by atoms with E-state index in [1.165, 1.54) is 26.2 Å². The van der Waals surface area contributed by atoms with Crippen molar-refractivity contribution in [1.82, 2.24) is 0 Å². The number of nitrogens with two attached hydrogens (primary N) is 1. The summed E-state index contributed by atoms with van der Waals surface area (Å²) in [6.07, 6.45) is 4.50. The molecule has 1 aromatic carbocycles. The van der Waals surface area contributed by atoms with Crippen molar-refractivity contribution in [3.63, 3.8) is 0 Å². The molecule has 0 aromatic heterocycles. The minimum absolute atomic E-state index is 0.121. The predicted molar refractivity (Wildman–Crippen MR) is 59.4 cm³/mol. The van der Waals surface area contributed by atoms with Crippen LogP contribution in [-0.2, 0) is 4.79 Å². The van der Waals surface area contributed by atoms with Gasteiger partial charge in [0.15, 0.2) is 0 Å². The van der Waals surface area contributed by atoms with Crippen LogP contribution in [0.1, 0.15) is 26.2 Å². The van der Waals surface area contributed by atoms with Crippen LogP contribution in [0.2, 0.25) is 0 Å². The predicted octanol–water partition coefficient (Wildman–Crippen LogP) is 2.07. The van der Waals surface area contributed by atoms with Gasteiger partial charge in [0.25, 0.3) is 0 Å². The average molecular weight is 208 g/mol. The number of carbonyl (C=O) groups excluding carboxylic acids is 1. The minimum atomic E-state index is -0.121. The zero-order valence-electron chi connectivity index (χ0n) is 8.82. The van der Waals surface area contributed by atoms with Crippen molar-refractivity contribution < 1.29 is 9.63 Å². The monoisotopic (exact) mass is 208 g/mol. The summed E-state index contributed by atoms with van der Waals surface area (Å²) in [4.78, 5) is 15.1. The second-order valence-corrected chi connectivity index (χ2v) is 3.39. The van der Waals surface area contributed by atoms with Crippen LogP contribution < -0.4 is 16.1 Å². The number of nitrogens with one attached hydrogen (secondary N) is 1. The molecule has 2 rings (SSSR count). The van der Waals surface area contributed by atoms with Gasteiger partial charge in [0, 0.05) is 18.7 Å². The Bertz CT molecular complexity index is 321. The van der Waals surface area contributed by atoms with Gasteiger partial charge in [0.05, 0.1) is 0 Å². The fourth-order valence-corrected chi connectivity index (χ4v) is 0.850. The number of hydrogen-bond acceptors (Lipinski definition) is 3. The van der Waals surface area contributed by atoms with E-state index in [9.17, 15) is 4.79 Å². The van der Waals surface area contributed by atoms with E-state index in [2.05, 4.69) is 10.2 Å². The zero-order chi connectivity index (χ0) is 11.1. The van der Waals surface area contributed by atoms with Crippen molar-refractivity contribution in [3.05, 3.63) is 24.3 Å². The van der Waals surface area contributed by atoms with Gasteiger partial charge in [-0.25, -0.2) is 0 Å². The summed E-state index contributed by atoms with van der Waals surface area (Å²) in [5, 5.41) is 2.60. The molecule has 0 atom stereocenters. The number of benzene rings is 1. The normalized spacial score (nSPS) is 12.1. The topological polar surface area (TPSA) is 64.3 Å². The molecule has 1 aliphatic rings. The van der Waals surface area contributed by atoms with Gasteiger partial charge in [-0.05, 0) is 12.1 Å². The minimum Gasteiger partial charge on any atom is -0.411 e. The largest absolute Gasteiger partial charge is 0.411 e. The molecule has 3 N–H and O–H groups in total. The van der Waals surface area contributed by atoms with E-state index < -0.39 is 0 Å². The fourth-order valence-electron chi connectivity index (χ4n) is 0.850. The van der Waals surface area contributed by atoms with Gasteiger partial charge in [-0.15, -0.1) is 0 Å². The van der Waals surface area contributed by atoms with Crippen LogP contribution in [0.3, 0.4) is 0 Å². The first-order valence-electron chi connectivity index (χ1n) is 4.97. The van der Waals surface area contributed by atoms with Crippen molar-refractivity contribution in [3.8, 4) is 5.75 Å². The number of amides is 1. The Morgan fingerprint density at radius 2 is 2.07 bits per heavy atom. The lowest BCUT2D eigenvalue weighted by Gasteiger charge is -2.02. The molecule has 4 nitrogen and oxygen atoms in total. The third-order valence-electron chi connectivity index (χ3n) is 1.64. The fraction of sp³-hybridized carbons (Fsp3) is 0.364. The first kappa shape index (κ1) is 11.5. The highest BCUT2D eigenvalue weighted by molar-refractivity contribution is 5.88. The summed E-state index contributed by atoms with van der Waals surface area (Å²) in [6, 6.07) is 6.84. The molecule has 1 amide bonds. The van der Waals surface area contributed by atoms with Gasteiger partial charge in [-0.2, -0.15) is 5.90 Å². The molecule has 0 bridgehead atoms. The van der Waals surface area contributed by atoms with Crippen LogP contribution in [0.15, 0.2) is 24.3 Å². The van der Waals surface area contributed by atoms with E-state index in [1.54, 1.807) is 24.3 Å². The Morgan fingerprint density at radius 1 is 1.40 bits per heavy atom. The maximum absolute atomic E-state index is 10.6. The first-order valence-corrected chi connectivity index (χ1v) is 4.97. The lowest BCUT2D eigenvalue weighted by atomic mass is 10.3. The zero-order valence-corrected chi connectivity index (χ0v) is 8.82. The molecule has 0 unspecified atom stereocenters. The molecule has 15 heavy (non-hydrogen) atoms. The molecule has 1 saturated carbocycles. The molecule has 1 aromatic rings. The van der Waals surface area contributed by atoms with Crippen molar-refractivity contribution in [2.45, 2.75) is 26.2 Å². The summed E-state index contributed by atoms with van der Waals surface area (Å²) in [7, 11) is 0. The Kier molecular flexibility index (Phi) is 4.63. The second kappa shape index (κ2) is 6.03. The quantitative estimate of drug-likeness (QED) is 0.731. The maximum Gasteiger partial charge on any atom is 0.221 e. The van der Waals surface area contributed by atoms with E-state index in [-0.39, 0.29) is 5.91 Å². The SMILES string of the molecule is C1CC1.CC(=O)Nc1cccc(ON)c1. The van der Waals surface area contributed by atoms with Gasteiger partial charge >= 0.3 is 0 Å². The molecule has 0 heterocycles. The summed E-state index contributed by atoms with van der Waals surface area (Å²) in [5.41, 5.74) is 0.672. The Labute approximate surface area is 89.4 Å². The third-order valence-corrected chi connectivity index (χ3v) is 1.64. The van der Waals surface area contributed by atoms with Gasteiger partial charge in [-0.1, -0.05) is 25.3 Å². The Morgan fingerprint density at radius 3 is 2.53 bits per heavy atom. The highest BCUT2D eigenvalue weighted by atomic mass is 16.6. The van der Waals surface area contributed by atoms with Crippen LogP contribution in [0.25, 0.3) is 0 Å². The molecule has 82 valence electrons. The van der Waals surface area contributed by atoms with Crippen LogP contribution >= 0.6 is 0 Å². The van der Waals surface area contributed by atoms with Gasteiger partial charge < -0.3 is 10.2 Å². The van der Waals surface area contributed by atoms with E-state index in [0.29, 0.717) is 11.4 Å². The summed E-state index contributed by atoms with van der Waals surface area (Å²) >= 11 is 0. The maximum atomic E-state index is 10.6. The van der Waals surface area contributed by atoms with E-state index in [4.69, 9.17) is 5.90 Å². The van der Waals surface area contributed by atoms with Gasteiger partial charge in [0.2, 0.25) is 5.91 Å². The Balaban J connectivity index is 0.000000319. The number of rotatable bonds is 2. The number of anilines is 1. The van der Waals surface area contributed by atoms with Crippen molar-refractivity contribution in [2.75, 3.05) is 5.32 Å².